The van der Waals surface area contributed by atoms with Crippen LogP contribution >= 0.6 is 15.9 Å². The molecule has 0 amide bonds. The third-order valence-corrected chi connectivity index (χ3v) is 2.62. The number of methoxy groups -OCH3 is 1. The summed E-state index contributed by atoms with van der Waals surface area (Å²) in [6, 6.07) is 5.13. The van der Waals surface area contributed by atoms with Gasteiger partial charge in [0.15, 0.2) is 0 Å². The zero-order valence-electron chi connectivity index (χ0n) is 8.08. The van der Waals surface area contributed by atoms with Gasteiger partial charge in [0, 0.05) is 15.7 Å². The summed E-state index contributed by atoms with van der Waals surface area (Å²) in [5.74, 6) is -0.368. The molecule has 4 nitrogen and oxygen atoms in total. The first-order valence-corrected chi connectivity index (χ1v) is 4.92. The van der Waals surface area contributed by atoms with Crippen molar-refractivity contribution in [2.24, 2.45) is 0 Å². The Hall–Kier alpha value is -1.54. The highest BCUT2D eigenvalue weighted by molar-refractivity contribution is 9.10. The van der Waals surface area contributed by atoms with Gasteiger partial charge in [-0.25, -0.2) is 0 Å². The standard InChI is InChI=1S/C10H9BrN2O2/c1-15-10(14)4-7-8(11)2-6(5-12)3-9(7)13/h2-3H,4,13H2,1H3. The molecule has 0 aromatic heterocycles. The van der Waals surface area contributed by atoms with Gasteiger partial charge in [0.2, 0.25) is 0 Å². The first kappa shape index (κ1) is 11.5. The average Bonchev–Trinajstić information content (AvgIpc) is 2.22. The second-order valence-electron chi connectivity index (χ2n) is 2.89. The molecular formula is C10H9BrN2O2. The predicted octanol–water partition coefficient (Wildman–Crippen LogP) is 1.62. The second-order valence-corrected chi connectivity index (χ2v) is 3.74. The van der Waals surface area contributed by atoms with Crippen molar-refractivity contribution in [2.75, 3.05) is 12.8 Å². The average molecular weight is 269 g/mol. The van der Waals surface area contributed by atoms with E-state index in [9.17, 15) is 4.79 Å². The maximum absolute atomic E-state index is 11.1. The Balaban J connectivity index is 3.10. The minimum atomic E-state index is -0.368. The number of rotatable bonds is 2. The predicted molar refractivity (Wildman–Crippen MR) is 59.0 cm³/mol. The van der Waals surface area contributed by atoms with Crippen molar-refractivity contribution >= 4 is 27.6 Å². The minimum absolute atomic E-state index is 0.0919. The maximum Gasteiger partial charge on any atom is 0.310 e. The van der Waals surface area contributed by atoms with Gasteiger partial charge in [-0.1, -0.05) is 15.9 Å². The lowest BCUT2D eigenvalue weighted by molar-refractivity contribution is -0.139. The van der Waals surface area contributed by atoms with Crippen LogP contribution in [0.25, 0.3) is 0 Å². The van der Waals surface area contributed by atoms with E-state index in [0.29, 0.717) is 21.3 Å². The molecule has 15 heavy (non-hydrogen) atoms. The zero-order chi connectivity index (χ0) is 11.4. The zero-order valence-corrected chi connectivity index (χ0v) is 9.67. The summed E-state index contributed by atoms with van der Waals surface area (Å²) < 4.78 is 5.18. The topological polar surface area (TPSA) is 76.1 Å². The molecular weight excluding hydrogens is 260 g/mol. The van der Waals surface area contributed by atoms with Gasteiger partial charge in [-0.3, -0.25) is 4.79 Å². The lowest BCUT2D eigenvalue weighted by atomic mass is 10.1. The van der Waals surface area contributed by atoms with E-state index in [1.807, 2.05) is 6.07 Å². The largest absolute Gasteiger partial charge is 0.469 e. The molecule has 0 aliphatic rings. The van der Waals surface area contributed by atoms with Crippen LogP contribution in [0.15, 0.2) is 16.6 Å². The van der Waals surface area contributed by atoms with Gasteiger partial charge < -0.3 is 10.5 Å². The normalized spacial score (nSPS) is 9.40. The van der Waals surface area contributed by atoms with Crippen LogP contribution in [0.5, 0.6) is 0 Å². The van der Waals surface area contributed by atoms with Crippen LogP contribution in [0.2, 0.25) is 0 Å². The third-order valence-electron chi connectivity index (χ3n) is 1.91. The molecule has 0 aliphatic heterocycles. The van der Waals surface area contributed by atoms with Crippen molar-refractivity contribution in [2.45, 2.75) is 6.42 Å². The number of nitrogens with two attached hydrogens (primary N) is 1. The molecule has 0 spiro atoms. The molecule has 0 heterocycles. The number of anilines is 1. The Morgan fingerprint density at radius 3 is 2.80 bits per heavy atom. The number of benzene rings is 1. The number of carbonyl (C=O) groups is 1. The number of ether oxygens (including phenoxy) is 1. The van der Waals surface area contributed by atoms with Crippen molar-refractivity contribution in [1.82, 2.24) is 0 Å². The number of carbonyl (C=O) groups excluding carboxylic acids is 1. The Bertz CT molecular complexity index is 415. The fourth-order valence-corrected chi connectivity index (χ4v) is 1.74. The van der Waals surface area contributed by atoms with Gasteiger partial charge in [0.1, 0.15) is 0 Å². The summed E-state index contributed by atoms with van der Waals surface area (Å²) in [4.78, 5) is 11.1. The number of nitriles is 1. The van der Waals surface area contributed by atoms with Crippen molar-refractivity contribution in [1.29, 1.82) is 5.26 Å². The molecule has 0 aliphatic carbocycles. The molecule has 78 valence electrons. The van der Waals surface area contributed by atoms with Gasteiger partial charge in [0.05, 0.1) is 25.2 Å². The molecule has 0 fully saturated rings. The molecule has 5 heteroatoms. The molecule has 0 unspecified atom stereocenters. The summed E-state index contributed by atoms with van der Waals surface area (Å²) in [6.45, 7) is 0. The van der Waals surface area contributed by atoms with E-state index >= 15 is 0 Å². The maximum atomic E-state index is 11.1. The Kier molecular flexibility index (Phi) is 3.69. The molecule has 0 saturated carbocycles. The second kappa shape index (κ2) is 4.80. The quantitative estimate of drug-likeness (QED) is 0.653. The van der Waals surface area contributed by atoms with Crippen LogP contribution in [-0.4, -0.2) is 13.1 Å². The van der Waals surface area contributed by atoms with Crippen molar-refractivity contribution < 1.29 is 9.53 Å². The van der Waals surface area contributed by atoms with Crippen LogP contribution < -0.4 is 5.73 Å². The summed E-state index contributed by atoms with van der Waals surface area (Å²) in [5, 5.41) is 8.69. The van der Waals surface area contributed by atoms with Gasteiger partial charge in [0.25, 0.3) is 0 Å². The Morgan fingerprint density at radius 2 is 2.33 bits per heavy atom. The van der Waals surface area contributed by atoms with Gasteiger partial charge in [-0.15, -0.1) is 0 Å². The monoisotopic (exact) mass is 268 g/mol. The molecule has 1 rings (SSSR count). The number of halogens is 1. The van der Waals surface area contributed by atoms with E-state index in [2.05, 4.69) is 20.7 Å². The molecule has 0 bridgehead atoms. The lowest BCUT2D eigenvalue weighted by Crippen LogP contribution is -2.07. The third kappa shape index (κ3) is 2.70. The summed E-state index contributed by atoms with van der Waals surface area (Å²) >= 11 is 3.26. The highest BCUT2D eigenvalue weighted by atomic mass is 79.9. The Labute approximate surface area is 95.8 Å². The number of nitrogen functional groups attached to an aromatic ring is 1. The Morgan fingerprint density at radius 1 is 1.67 bits per heavy atom. The van der Waals surface area contributed by atoms with E-state index in [0.717, 1.165) is 0 Å². The van der Waals surface area contributed by atoms with E-state index in [4.69, 9.17) is 11.0 Å². The first-order chi connectivity index (χ1) is 7.08. The summed E-state index contributed by atoms with van der Waals surface area (Å²) in [5.41, 5.74) is 7.21. The molecule has 0 radical (unpaired) electrons. The lowest BCUT2D eigenvalue weighted by Gasteiger charge is -2.07. The van der Waals surface area contributed by atoms with Gasteiger partial charge >= 0.3 is 5.97 Å². The smallest absolute Gasteiger partial charge is 0.310 e. The SMILES string of the molecule is COC(=O)Cc1c(N)cc(C#N)cc1Br. The molecule has 2 N–H and O–H groups in total. The number of hydrogen-bond acceptors (Lipinski definition) is 4. The first-order valence-electron chi connectivity index (χ1n) is 4.13. The summed E-state index contributed by atoms with van der Waals surface area (Å²) in [7, 11) is 1.32. The van der Waals surface area contributed by atoms with Gasteiger partial charge in [-0.2, -0.15) is 5.26 Å². The number of hydrogen-bond donors (Lipinski definition) is 1. The van der Waals surface area contributed by atoms with E-state index in [1.165, 1.54) is 13.2 Å². The highest BCUT2D eigenvalue weighted by Gasteiger charge is 2.11. The van der Waals surface area contributed by atoms with Gasteiger partial charge in [-0.05, 0) is 12.1 Å². The van der Waals surface area contributed by atoms with Crippen LogP contribution in [0.3, 0.4) is 0 Å². The summed E-state index contributed by atoms with van der Waals surface area (Å²) in [6.07, 6.45) is 0.0919. The molecule has 0 atom stereocenters. The highest BCUT2D eigenvalue weighted by Crippen LogP contribution is 2.25. The van der Waals surface area contributed by atoms with E-state index in [-0.39, 0.29) is 12.4 Å². The number of nitrogens with zero attached hydrogens (tertiary/aromatic N) is 1. The van der Waals surface area contributed by atoms with Crippen LogP contribution in [0, 0.1) is 11.3 Å². The van der Waals surface area contributed by atoms with E-state index < -0.39 is 0 Å². The fraction of sp³-hybridized carbons (Fsp3) is 0.200. The van der Waals surface area contributed by atoms with Crippen LogP contribution in [0.1, 0.15) is 11.1 Å². The van der Waals surface area contributed by atoms with Crippen molar-refractivity contribution in [3.63, 3.8) is 0 Å². The fourth-order valence-electron chi connectivity index (χ4n) is 1.13. The van der Waals surface area contributed by atoms with Crippen molar-refractivity contribution in [3.8, 4) is 6.07 Å². The number of esters is 1. The van der Waals surface area contributed by atoms with E-state index in [1.54, 1.807) is 6.07 Å². The molecule has 1 aromatic rings. The minimum Gasteiger partial charge on any atom is -0.469 e. The molecule has 0 saturated heterocycles. The van der Waals surface area contributed by atoms with Crippen LogP contribution in [-0.2, 0) is 16.0 Å². The van der Waals surface area contributed by atoms with Crippen LogP contribution in [0.4, 0.5) is 5.69 Å². The van der Waals surface area contributed by atoms with Crippen molar-refractivity contribution in [3.05, 3.63) is 27.7 Å². The molecule has 1 aromatic carbocycles.